The van der Waals surface area contributed by atoms with Gasteiger partial charge in [-0.25, -0.2) is 4.98 Å². The number of anilines is 1. The van der Waals surface area contributed by atoms with Crippen molar-refractivity contribution in [1.29, 1.82) is 0 Å². The molecule has 74 valence electrons. The summed E-state index contributed by atoms with van der Waals surface area (Å²) in [5.41, 5.74) is 0. The second-order valence-corrected chi connectivity index (χ2v) is 4.72. The minimum atomic E-state index is 0.761. The van der Waals surface area contributed by atoms with Gasteiger partial charge in [-0.1, -0.05) is 11.3 Å². The van der Waals surface area contributed by atoms with Crippen molar-refractivity contribution in [2.45, 2.75) is 6.42 Å². The van der Waals surface area contributed by atoms with E-state index in [0.29, 0.717) is 0 Å². The molecule has 0 spiro atoms. The van der Waals surface area contributed by atoms with Gasteiger partial charge in [-0.15, -0.1) is 10.2 Å². The van der Waals surface area contributed by atoms with Crippen LogP contribution >= 0.6 is 27.3 Å². The fourth-order valence-electron chi connectivity index (χ4n) is 0.916. The molecule has 14 heavy (non-hydrogen) atoms. The molecule has 2 aromatic rings. The molecule has 0 bridgehead atoms. The number of rotatable bonds is 4. The summed E-state index contributed by atoms with van der Waals surface area (Å²) in [6, 6.07) is 0. The van der Waals surface area contributed by atoms with E-state index in [0.717, 1.165) is 27.8 Å². The number of hydrogen-bond donors (Lipinski definition) is 2. The first kappa shape index (κ1) is 9.53. The highest BCUT2D eigenvalue weighted by Crippen LogP contribution is 2.19. The summed E-state index contributed by atoms with van der Waals surface area (Å²) >= 11 is 4.70. The maximum atomic E-state index is 4.00. The molecule has 2 N–H and O–H groups in total. The van der Waals surface area contributed by atoms with Gasteiger partial charge in [0.05, 0.1) is 0 Å². The number of nitrogens with zero attached hydrogens (tertiary/aromatic N) is 4. The van der Waals surface area contributed by atoms with E-state index in [1.807, 2.05) is 0 Å². The maximum absolute atomic E-state index is 4.00. The van der Waals surface area contributed by atoms with E-state index in [9.17, 15) is 0 Å². The van der Waals surface area contributed by atoms with Crippen LogP contribution in [0.4, 0.5) is 5.13 Å². The summed E-state index contributed by atoms with van der Waals surface area (Å²) in [4.78, 5) is 4.00. The fourth-order valence-corrected chi connectivity index (χ4v) is 1.95. The Bertz CT molecular complexity index is 385. The Morgan fingerprint density at radius 1 is 1.50 bits per heavy atom. The van der Waals surface area contributed by atoms with E-state index in [-0.39, 0.29) is 0 Å². The van der Waals surface area contributed by atoms with Crippen LogP contribution in [-0.2, 0) is 6.42 Å². The molecule has 8 heteroatoms. The maximum Gasteiger partial charge on any atom is 0.206 e. The van der Waals surface area contributed by atoms with Gasteiger partial charge in [0.1, 0.15) is 12.2 Å². The summed E-state index contributed by atoms with van der Waals surface area (Å²) < 4.78 is 0.777. The van der Waals surface area contributed by atoms with Crippen molar-refractivity contribution >= 4 is 32.4 Å². The molecule has 0 aliphatic carbocycles. The van der Waals surface area contributed by atoms with Gasteiger partial charge in [-0.2, -0.15) is 5.10 Å². The van der Waals surface area contributed by atoms with Gasteiger partial charge in [0, 0.05) is 13.0 Å². The molecule has 2 rings (SSSR count). The number of aromatic nitrogens is 5. The lowest BCUT2D eigenvalue weighted by Crippen LogP contribution is -2.05. The van der Waals surface area contributed by atoms with Gasteiger partial charge < -0.3 is 5.32 Å². The molecule has 6 nitrogen and oxygen atoms in total. The zero-order valence-corrected chi connectivity index (χ0v) is 9.47. The molecule has 0 saturated carbocycles. The Morgan fingerprint density at radius 3 is 3.07 bits per heavy atom. The topological polar surface area (TPSA) is 79.4 Å². The van der Waals surface area contributed by atoms with Crippen molar-refractivity contribution in [2.75, 3.05) is 11.9 Å². The zero-order chi connectivity index (χ0) is 9.80. The summed E-state index contributed by atoms with van der Waals surface area (Å²) in [7, 11) is 0. The van der Waals surface area contributed by atoms with Crippen molar-refractivity contribution in [1.82, 2.24) is 25.4 Å². The molecular weight excluding hydrogens is 268 g/mol. The highest BCUT2D eigenvalue weighted by atomic mass is 79.9. The number of hydrogen-bond acceptors (Lipinski definition) is 6. The van der Waals surface area contributed by atoms with Crippen LogP contribution in [0.15, 0.2) is 10.2 Å². The van der Waals surface area contributed by atoms with E-state index >= 15 is 0 Å². The largest absolute Gasteiger partial charge is 0.360 e. The lowest BCUT2D eigenvalue weighted by atomic mass is 10.4. The third kappa shape index (κ3) is 2.48. The van der Waals surface area contributed by atoms with Gasteiger partial charge in [0.15, 0.2) is 3.92 Å². The predicted molar refractivity (Wildman–Crippen MR) is 56.2 cm³/mol. The van der Waals surface area contributed by atoms with E-state index in [1.165, 1.54) is 17.7 Å². The summed E-state index contributed by atoms with van der Waals surface area (Å²) in [6.07, 6.45) is 2.29. The standard InChI is InChI=1S/C6H7BrN6S/c7-5-12-13-6(14-5)8-2-1-4-9-3-10-11-4/h3H,1-2H2,(H,8,13)(H,9,10,11). The Hall–Kier alpha value is -1.02. The Morgan fingerprint density at radius 2 is 2.43 bits per heavy atom. The molecule has 0 fully saturated rings. The van der Waals surface area contributed by atoms with E-state index in [2.05, 4.69) is 46.6 Å². The van der Waals surface area contributed by atoms with Crippen molar-refractivity contribution in [3.05, 3.63) is 16.1 Å². The minimum Gasteiger partial charge on any atom is -0.360 e. The molecule has 0 aromatic carbocycles. The van der Waals surface area contributed by atoms with Crippen LogP contribution in [0, 0.1) is 0 Å². The molecule has 0 atom stereocenters. The normalized spacial score (nSPS) is 10.4. The Labute approximate surface area is 92.3 Å². The monoisotopic (exact) mass is 274 g/mol. The molecule has 0 radical (unpaired) electrons. The van der Waals surface area contributed by atoms with Gasteiger partial charge in [-0.3, -0.25) is 5.10 Å². The SMILES string of the molecule is Brc1nnc(NCCc2ncn[nH]2)s1. The average molecular weight is 275 g/mol. The number of H-pyrrole nitrogens is 1. The average Bonchev–Trinajstić information content (AvgIpc) is 2.77. The van der Waals surface area contributed by atoms with Gasteiger partial charge in [0.25, 0.3) is 0 Å². The first-order valence-corrected chi connectivity index (χ1v) is 5.52. The lowest BCUT2D eigenvalue weighted by molar-refractivity contribution is 0.896. The van der Waals surface area contributed by atoms with Gasteiger partial charge in [0.2, 0.25) is 5.13 Å². The molecule has 0 unspecified atom stereocenters. The van der Waals surface area contributed by atoms with Gasteiger partial charge >= 0.3 is 0 Å². The van der Waals surface area contributed by atoms with Crippen molar-refractivity contribution in [3.63, 3.8) is 0 Å². The highest BCUT2D eigenvalue weighted by molar-refractivity contribution is 9.11. The highest BCUT2D eigenvalue weighted by Gasteiger charge is 2.00. The van der Waals surface area contributed by atoms with E-state index < -0.39 is 0 Å². The van der Waals surface area contributed by atoms with Crippen LogP contribution in [0.5, 0.6) is 0 Å². The van der Waals surface area contributed by atoms with Crippen LogP contribution < -0.4 is 5.32 Å². The van der Waals surface area contributed by atoms with Crippen LogP contribution in [0.25, 0.3) is 0 Å². The molecule has 0 aliphatic rings. The van der Waals surface area contributed by atoms with Crippen LogP contribution in [0.1, 0.15) is 5.82 Å². The fraction of sp³-hybridized carbons (Fsp3) is 0.333. The Kier molecular flexibility index (Phi) is 3.04. The molecule has 0 saturated heterocycles. The molecule has 2 aromatic heterocycles. The molecule has 0 amide bonds. The van der Waals surface area contributed by atoms with Crippen LogP contribution in [0.2, 0.25) is 0 Å². The number of aromatic amines is 1. The Balaban J connectivity index is 1.78. The summed E-state index contributed by atoms with van der Waals surface area (Å²) in [5, 5.41) is 18.2. The molecular formula is C6H7BrN6S. The summed E-state index contributed by atoms with van der Waals surface area (Å²) in [6.45, 7) is 0.761. The lowest BCUT2D eigenvalue weighted by Gasteiger charge is -1.97. The smallest absolute Gasteiger partial charge is 0.206 e. The predicted octanol–water partition coefficient (Wildman–Crippen LogP) is 1.07. The van der Waals surface area contributed by atoms with E-state index in [4.69, 9.17) is 0 Å². The second-order valence-electron chi connectivity index (χ2n) is 2.47. The quantitative estimate of drug-likeness (QED) is 0.872. The first-order valence-electron chi connectivity index (χ1n) is 3.92. The zero-order valence-electron chi connectivity index (χ0n) is 7.07. The van der Waals surface area contributed by atoms with Crippen molar-refractivity contribution < 1.29 is 0 Å². The molecule has 0 aliphatic heterocycles. The third-order valence-electron chi connectivity index (χ3n) is 1.50. The number of nitrogens with one attached hydrogen (secondary N) is 2. The van der Waals surface area contributed by atoms with Crippen LogP contribution in [0.3, 0.4) is 0 Å². The van der Waals surface area contributed by atoms with Crippen LogP contribution in [-0.4, -0.2) is 31.9 Å². The first-order chi connectivity index (χ1) is 6.84. The van der Waals surface area contributed by atoms with E-state index in [1.54, 1.807) is 0 Å². The summed E-state index contributed by atoms with van der Waals surface area (Å²) in [5.74, 6) is 0.862. The third-order valence-corrected chi connectivity index (χ3v) is 2.82. The second kappa shape index (κ2) is 4.47. The number of halogens is 1. The molecule has 2 heterocycles. The van der Waals surface area contributed by atoms with Crippen molar-refractivity contribution in [2.24, 2.45) is 0 Å². The minimum absolute atomic E-state index is 0.761. The van der Waals surface area contributed by atoms with Gasteiger partial charge in [-0.05, 0) is 15.9 Å². The van der Waals surface area contributed by atoms with Crippen molar-refractivity contribution in [3.8, 4) is 0 Å².